The smallest absolute Gasteiger partial charge is 0.317 e. The Kier molecular flexibility index (Phi) is 7.00. The van der Waals surface area contributed by atoms with Crippen LogP contribution in [0, 0.1) is 0 Å². The van der Waals surface area contributed by atoms with Crippen LogP contribution in [0.2, 0.25) is 0 Å². The van der Waals surface area contributed by atoms with E-state index in [2.05, 4.69) is 140 Å². The van der Waals surface area contributed by atoms with Crippen LogP contribution in [0.5, 0.6) is 11.5 Å². The van der Waals surface area contributed by atoms with Crippen molar-refractivity contribution in [3.05, 3.63) is 171 Å². The monoisotopic (exact) mass is 610 g/mol. The van der Waals surface area contributed by atoms with E-state index in [1.807, 2.05) is 48.5 Å². The summed E-state index contributed by atoms with van der Waals surface area (Å²) in [5.41, 5.74) is 2.02. The maximum atomic E-state index is 7.08. The number of rotatable bonds is 9. The van der Waals surface area contributed by atoms with Crippen molar-refractivity contribution < 1.29 is 9.05 Å². The molecule has 0 aliphatic carbocycles. The van der Waals surface area contributed by atoms with Gasteiger partial charge in [-0.1, -0.05) is 60.7 Å². The molecule has 0 fully saturated rings. The topological polar surface area (TPSA) is 38.2 Å². The summed E-state index contributed by atoms with van der Waals surface area (Å²) in [6.07, 6.45) is 16.4. The van der Waals surface area contributed by atoms with Crippen LogP contribution < -0.4 is 9.05 Å². The van der Waals surface area contributed by atoms with Crippen LogP contribution in [0.4, 0.5) is 0 Å². The molecule has 0 spiro atoms. The second-order valence-corrected chi connectivity index (χ2v) is 13.5. The van der Waals surface area contributed by atoms with E-state index >= 15 is 0 Å². The van der Waals surface area contributed by atoms with Gasteiger partial charge in [0.1, 0.15) is 11.5 Å². The first-order chi connectivity index (χ1) is 21.8. The van der Waals surface area contributed by atoms with Crippen molar-refractivity contribution in [2.75, 3.05) is 0 Å². The molecule has 0 N–H and O–H groups in total. The lowest BCUT2D eigenvalue weighted by Crippen LogP contribution is -2.06. The van der Waals surface area contributed by atoms with Gasteiger partial charge in [-0.25, -0.2) is 0 Å². The number of aromatic nitrogens is 4. The van der Waals surface area contributed by atoms with Crippen molar-refractivity contribution in [3.63, 3.8) is 0 Å². The Bertz CT molecular complexity index is 1910. The molecule has 4 heterocycles. The second kappa shape index (κ2) is 11.6. The van der Waals surface area contributed by atoms with Gasteiger partial charge < -0.3 is 9.05 Å². The molecule has 0 atom stereocenters. The van der Waals surface area contributed by atoms with Gasteiger partial charge in [-0.3, -0.25) is 17.4 Å². The summed E-state index contributed by atoms with van der Waals surface area (Å²) in [5.74, 6) is 1.59. The normalized spacial score (nSPS) is 11.6. The van der Waals surface area contributed by atoms with Gasteiger partial charge in [0, 0.05) is 60.7 Å². The molecule has 0 aliphatic heterocycles. The van der Waals surface area contributed by atoms with Gasteiger partial charge in [0.25, 0.3) is 0 Å². The van der Waals surface area contributed by atoms with Crippen molar-refractivity contribution >= 4 is 38.4 Å². The number of hydrogen-bond acceptors (Lipinski definition) is 2. The number of fused-ring (bicyclic) bond motifs is 2. The Labute approximate surface area is 257 Å². The molecular weight excluding hydrogens is 582 g/mol. The fourth-order valence-electron chi connectivity index (χ4n) is 5.53. The minimum Gasteiger partial charge on any atom is -0.435 e. The van der Waals surface area contributed by atoms with Crippen molar-refractivity contribution in [2.24, 2.45) is 0 Å². The van der Waals surface area contributed by atoms with E-state index in [4.69, 9.17) is 9.05 Å². The van der Waals surface area contributed by atoms with E-state index < -0.39 is 16.9 Å². The molecule has 8 rings (SSSR count). The van der Waals surface area contributed by atoms with Gasteiger partial charge in [-0.2, -0.15) is 0 Å². The quantitative estimate of drug-likeness (QED) is 0.153. The van der Waals surface area contributed by atoms with Gasteiger partial charge in [-0.15, -0.1) is 0 Å². The molecule has 8 heteroatoms. The highest BCUT2D eigenvalue weighted by molar-refractivity contribution is 7.50. The van der Waals surface area contributed by atoms with Crippen LogP contribution in [0.15, 0.2) is 171 Å². The molecule has 0 aliphatic rings. The van der Waals surface area contributed by atoms with E-state index in [0.717, 1.165) is 44.2 Å². The van der Waals surface area contributed by atoms with E-state index in [0.29, 0.717) is 0 Å². The van der Waals surface area contributed by atoms with E-state index in [-0.39, 0.29) is 0 Å². The minimum absolute atomic E-state index is 0.796. The average Bonchev–Trinajstić information content (AvgIpc) is 3.91. The van der Waals surface area contributed by atoms with Gasteiger partial charge in [-0.05, 0) is 82.2 Å². The molecule has 8 aromatic rings. The SMILES string of the molecule is c1ccc2c(-c3c(OP(n4cccc4)n4cccc4)ccc4ccccc34)c(OP(n3cccc3)n3cccc3)ccc2c1. The third-order valence-electron chi connectivity index (χ3n) is 7.54. The Balaban J connectivity index is 1.37. The van der Waals surface area contributed by atoms with Crippen molar-refractivity contribution in [2.45, 2.75) is 0 Å². The van der Waals surface area contributed by atoms with Gasteiger partial charge in [0.05, 0.1) is 0 Å². The first-order valence-electron chi connectivity index (χ1n) is 14.4. The third-order valence-corrected chi connectivity index (χ3v) is 10.9. The largest absolute Gasteiger partial charge is 0.435 e. The van der Waals surface area contributed by atoms with Crippen molar-refractivity contribution in [3.8, 4) is 22.6 Å². The molecule has 44 heavy (non-hydrogen) atoms. The lowest BCUT2D eigenvalue weighted by Gasteiger charge is -2.25. The Hall–Kier alpha value is -5.02. The summed E-state index contributed by atoms with van der Waals surface area (Å²) in [7, 11) is -2.51. The molecule has 0 saturated heterocycles. The molecule has 4 aromatic heterocycles. The fraction of sp³-hybridized carbons (Fsp3) is 0. The third kappa shape index (κ3) is 4.89. The highest BCUT2D eigenvalue weighted by Gasteiger charge is 2.25. The maximum Gasteiger partial charge on any atom is 0.317 e. The second-order valence-electron chi connectivity index (χ2n) is 10.3. The Morgan fingerprint density at radius 3 is 1.00 bits per heavy atom. The zero-order valence-corrected chi connectivity index (χ0v) is 25.5. The summed E-state index contributed by atoms with van der Waals surface area (Å²) in [6.45, 7) is 0. The van der Waals surface area contributed by atoms with Crippen molar-refractivity contribution in [1.82, 2.24) is 17.4 Å². The highest BCUT2D eigenvalue weighted by Crippen LogP contribution is 2.53. The fourth-order valence-corrected chi connectivity index (χ4v) is 8.57. The first-order valence-corrected chi connectivity index (χ1v) is 16.7. The molecule has 214 valence electrons. The highest BCUT2D eigenvalue weighted by atomic mass is 31.2. The summed E-state index contributed by atoms with van der Waals surface area (Å²) in [5, 5.41) is 4.48. The molecule has 0 saturated carbocycles. The van der Waals surface area contributed by atoms with Gasteiger partial charge in [0.15, 0.2) is 0 Å². The molecule has 0 bridgehead atoms. The molecule has 6 nitrogen and oxygen atoms in total. The van der Waals surface area contributed by atoms with Crippen LogP contribution >= 0.6 is 16.9 Å². The standard InChI is InChI=1S/C36H28N4O2P2/c1-3-15-31-29(13-1)17-19-33(41-43(37-21-5-6-22-37)38-23-7-8-24-38)35(31)36-32-16-4-2-14-30(32)18-20-34(36)42-44(39-25-9-10-26-39)40-27-11-12-28-40/h1-28H. The van der Waals surface area contributed by atoms with E-state index in [1.165, 1.54) is 0 Å². The Morgan fingerprint density at radius 1 is 0.341 bits per heavy atom. The molecule has 0 amide bonds. The predicted molar refractivity (Wildman–Crippen MR) is 181 cm³/mol. The lowest BCUT2D eigenvalue weighted by molar-refractivity contribution is 0.587. The zero-order valence-electron chi connectivity index (χ0n) is 23.7. The molecule has 4 aromatic carbocycles. The van der Waals surface area contributed by atoms with Crippen LogP contribution in [-0.2, 0) is 0 Å². The van der Waals surface area contributed by atoms with Gasteiger partial charge >= 0.3 is 16.9 Å². The van der Waals surface area contributed by atoms with Crippen LogP contribution in [0.1, 0.15) is 0 Å². The average molecular weight is 611 g/mol. The summed E-state index contributed by atoms with van der Waals surface area (Å²) < 4.78 is 22.7. The number of nitrogens with zero attached hydrogens (tertiary/aromatic N) is 4. The predicted octanol–water partition coefficient (Wildman–Crippen LogP) is 10.3. The zero-order chi connectivity index (χ0) is 29.3. The molecule has 0 unspecified atom stereocenters. The Morgan fingerprint density at radius 2 is 0.659 bits per heavy atom. The van der Waals surface area contributed by atoms with E-state index in [1.54, 1.807) is 0 Å². The van der Waals surface area contributed by atoms with E-state index in [9.17, 15) is 0 Å². The minimum atomic E-state index is -1.26. The van der Waals surface area contributed by atoms with Crippen LogP contribution in [0.3, 0.4) is 0 Å². The lowest BCUT2D eigenvalue weighted by atomic mass is 9.92. The first kappa shape index (κ1) is 26.6. The summed E-state index contributed by atoms with van der Waals surface area (Å²) >= 11 is 0. The van der Waals surface area contributed by atoms with Gasteiger partial charge in [0.2, 0.25) is 0 Å². The maximum absolute atomic E-state index is 7.08. The molecular formula is C36H28N4O2P2. The summed E-state index contributed by atoms with van der Waals surface area (Å²) in [4.78, 5) is 0. The van der Waals surface area contributed by atoms with Crippen LogP contribution in [-0.4, -0.2) is 17.4 Å². The number of benzene rings is 4. The molecule has 0 radical (unpaired) electrons. The van der Waals surface area contributed by atoms with Crippen LogP contribution in [0.25, 0.3) is 32.7 Å². The number of hydrogen-bond donors (Lipinski definition) is 0. The van der Waals surface area contributed by atoms with Crippen molar-refractivity contribution in [1.29, 1.82) is 0 Å². The summed E-state index contributed by atoms with van der Waals surface area (Å²) in [6, 6.07) is 41.8.